The van der Waals surface area contributed by atoms with Gasteiger partial charge >= 0.3 is 5.97 Å². The Labute approximate surface area is 150 Å². The van der Waals surface area contributed by atoms with Crippen LogP contribution in [0.1, 0.15) is 28.8 Å². The number of carbonyl (C=O) groups excluding carboxylic acids is 2. The van der Waals surface area contributed by atoms with E-state index in [-0.39, 0.29) is 17.9 Å². The van der Waals surface area contributed by atoms with E-state index < -0.39 is 22.8 Å². The van der Waals surface area contributed by atoms with Crippen LogP contribution in [0.3, 0.4) is 0 Å². The van der Waals surface area contributed by atoms with Crippen molar-refractivity contribution in [2.45, 2.75) is 25.5 Å². The summed E-state index contributed by atoms with van der Waals surface area (Å²) in [6, 6.07) is 14.3. The van der Waals surface area contributed by atoms with Crippen molar-refractivity contribution < 1.29 is 19.2 Å². The van der Waals surface area contributed by atoms with Crippen molar-refractivity contribution in [2.24, 2.45) is 0 Å². The van der Waals surface area contributed by atoms with Crippen LogP contribution in [0.15, 0.2) is 54.6 Å². The molecule has 0 unspecified atom stereocenters. The average molecular weight is 354 g/mol. The number of nitrogens with zero attached hydrogens (tertiary/aromatic N) is 2. The van der Waals surface area contributed by atoms with E-state index in [1.54, 1.807) is 6.07 Å². The molecular weight excluding hydrogens is 336 g/mol. The number of hydrogen-bond acceptors (Lipinski definition) is 5. The second-order valence-corrected chi connectivity index (χ2v) is 6.02. The number of amides is 1. The lowest BCUT2D eigenvalue weighted by Crippen LogP contribution is -2.41. The van der Waals surface area contributed by atoms with Crippen LogP contribution in [0.4, 0.5) is 5.69 Å². The van der Waals surface area contributed by atoms with Crippen molar-refractivity contribution in [3.63, 3.8) is 0 Å². The number of hydrogen-bond donors (Lipinski definition) is 0. The van der Waals surface area contributed by atoms with Crippen molar-refractivity contribution in [1.82, 2.24) is 4.90 Å². The summed E-state index contributed by atoms with van der Waals surface area (Å²) in [7, 11) is 0. The topological polar surface area (TPSA) is 89.8 Å². The molecule has 0 saturated carbocycles. The van der Waals surface area contributed by atoms with Gasteiger partial charge in [-0.05, 0) is 24.5 Å². The number of carbonyl (C=O) groups is 2. The summed E-state index contributed by atoms with van der Waals surface area (Å²) in [5.74, 6) is -1.00. The van der Waals surface area contributed by atoms with Crippen molar-refractivity contribution >= 4 is 17.6 Å². The van der Waals surface area contributed by atoms with Gasteiger partial charge in [0.15, 0.2) is 0 Å². The summed E-state index contributed by atoms with van der Waals surface area (Å²) in [6.45, 7) is 0.500. The zero-order valence-electron chi connectivity index (χ0n) is 14.0. The number of nitro benzene ring substituents is 1. The molecule has 26 heavy (non-hydrogen) atoms. The summed E-state index contributed by atoms with van der Waals surface area (Å²) < 4.78 is 5.34. The van der Waals surface area contributed by atoms with Crippen LogP contribution in [0.5, 0.6) is 0 Å². The molecule has 0 aliphatic carbocycles. The molecule has 3 rings (SSSR count). The van der Waals surface area contributed by atoms with E-state index in [1.807, 2.05) is 30.3 Å². The maximum absolute atomic E-state index is 12.8. The van der Waals surface area contributed by atoms with Crippen LogP contribution in [-0.2, 0) is 16.1 Å². The molecule has 1 aliphatic heterocycles. The minimum Gasteiger partial charge on any atom is -0.459 e. The summed E-state index contributed by atoms with van der Waals surface area (Å²) >= 11 is 0. The Bertz CT molecular complexity index is 822. The van der Waals surface area contributed by atoms with E-state index >= 15 is 0 Å². The number of esters is 1. The third kappa shape index (κ3) is 3.72. The SMILES string of the molecule is O=C(OCc1ccccc1)[C@H]1CCCN1C(=O)c1ccccc1[N+](=O)[O-]. The van der Waals surface area contributed by atoms with E-state index in [0.29, 0.717) is 19.4 Å². The normalized spacial score (nSPS) is 16.3. The predicted octanol–water partition coefficient (Wildman–Crippen LogP) is 2.94. The van der Waals surface area contributed by atoms with Gasteiger partial charge in [0.25, 0.3) is 11.6 Å². The molecule has 1 saturated heterocycles. The average Bonchev–Trinajstić information content (AvgIpc) is 3.16. The molecule has 0 radical (unpaired) electrons. The van der Waals surface area contributed by atoms with Gasteiger partial charge in [0.1, 0.15) is 18.2 Å². The molecule has 1 heterocycles. The molecule has 0 spiro atoms. The molecule has 1 atom stereocenters. The molecule has 1 amide bonds. The van der Waals surface area contributed by atoms with Gasteiger partial charge in [-0.1, -0.05) is 42.5 Å². The fourth-order valence-electron chi connectivity index (χ4n) is 3.05. The molecule has 7 nitrogen and oxygen atoms in total. The number of nitro groups is 1. The van der Waals surface area contributed by atoms with E-state index in [2.05, 4.69) is 0 Å². The van der Waals surface area contributed by atoms with Crippen LogP contribution in [0.25, 0.3) is 0 Å². The minimum absolute atomic E-state index is 0.0136. The first-order valence-electron chi connectivity index (χ1n) is 8.33. The summed E-state index contributed by atoms with van der Waals surface area (Å²) in [5, 5.41) is 11.2. The molecule has 0 bridgehead atoms. The van der Waals surface area contributed by atoms with Crippen LogP contribution in [0, 0.1) is 10.1 Å². The van der Waals surface area contributed by atoms with Gasteiger partial charge in [0.05, 0.1) is 4.92 Å². The van der Waals surface area contributed by atoms with E-state index in [9.17, 15) is 19.7 Å². The highest BCUT2D eigenvalue weighted by molar-refractivity contribution is 6.00. The third-order valence-electron chi connectivity index (χ3n) is 4.34. The smallest absolute Gasteiger partial charge is 0.329 e. The van der Waals surface area contributed by atoms with Gasteiger partial charge in [-0.15, -0.1) is 0 Å². The molecule has 1 aliphatic rings. The molecule has 0 aromatic heterocycles. The van der Waals surface area contributed by atoms with Gasteiger partial charge < -0.3 is 9.64 Å². The summed E-state index contributed by atoms with van der Waals surface area (Å²) in [6.07, 6.45) is 1.14. The van der Waals surface area contributed by atoms with Crippen LogP contribution in [0.2, 0.25) is 0 Å². The second-order valence-electron chi connectivity index (χ2n) is 6.02. The zero-order valence-corrected chi connectivity index (χ0v) is 14.0. The Morgan fingerprint density at radius 3 is 2.54 bits per heavy atom. The Hall–Kier alpha value is -3.22. The fraction of sp³-hybridized carbons (Fsp3) is 0.263. The summed E-state index contributed by atoms with van der Waals surface area (Å²) in [4.78, 5) is 37.1. The number of rotatable bonds is 5. The Morgan fingerprint density at radius 2 is 1.81 bits per heavy atom. The highest BCUT2D eigenvalue weighted by Gasteiger charge is 2.37. The maximum Gasteiger partial charge on any atom is 0.329 e. The second kappa shape index (κ2) is 7.77. The molecule has 2 aromatic carbocycles. The van der Waals surface area contributed by atoms with Crippen molar-refractivity contribution in [3.05, 3.63) is 75.8 Å². The van der Waals surface area contributed by atoms with Crippen molar-refractivity contribution in [3.8, 4) is 0 Å². The van der Waals surface area contributed by atoms with Crippen molar-refractivity contribution in [2.75, 3.05) is 6.54 Å². The number of para-hydroxylation sites is 1. The number of benzene rings is 2. The van der Waals surface area contributed by atoms with Gasteiger partial charge in [-0.25, -0.2) is 4.79 Å². The third-order valence-corrected chi connectivity index (χ3v) is 4.34. The lowest BCUT2D eigenvalue weighted by Gasteiger charge is -2.23. The first-order valence-corrected chi connectivity index (χ1v) is 8.33. The van der Waals surface area contributed by atoms with E-state index in [0.717, 1.165) is 5.56 Å². The van der Waals surface area contributed by atoms with E-state index in [1.165, 1.54) is 23.1 Å². The Kier molecular flexibility index (Phi) is 5.26. The maximum atomic E-state index is 12.8. The number of ether oxygens (including phenoxy) is 1. The van der Waals surface area contributed by atoms with E-state index in [4.69, 9.17) is 4.74 Å². The Morgan fingerprint density at radius 1 is 1.12 bits per heavy atom. The van der Waals surface area contributed by atoms with Crippen LogP contribution in [-0.4, -0.2) is 34.3 Å². The zero-order chi connectivity index (χ0) is 18.5. The predicted molar refractivity (Wildman–Crippen MR) is 93.4 cm³/mol. The van der Waals surface area contributed by atoms with Crippen LogP contribution >= 0.6 is 0 Å². The molecule has 1 fully saturated rings. The van der Waals surface area contributed by atoms with Crippen molar-refractivity contribution in [1.29, 1.82) is 0 Å². The highest BCUT2D eigenvalue weighted by atomic mass is 16.6. The lowest BCUT2D eigenvalue weighted by molar-refractivity contribution is -0.385. The highest BCUT2D eigenvalue weighted by Crippen LogP contribution is 2.25. The van der Waals surface area contributed by atoms with Gasteiger partial charge in [0, 0.05) is 12.6 Å². The monoisotopic (exact) mass is 354 g/mol. The first-order chi connectivity index (χ1) is 12.6. The molecule has 0 N–H and O–H groups in total. The van der Waals surface area contributed by atoms with Gasteiger partial charge in [-0.2, -0.15) is 0 Å². The largest absolute Gasteiger partial charge is 0.459 e. The summed E-state index contributed by atoms with van der Waals surface area (Å²) in [5.41, 5.74) is 0.580. The van der Waals surface area contributed by atoms with Gasteiger partial charge in [-0.3, -0.25) is 14.9 Å². The fourth-order valence-corrected chi connectivity index (χ4v) is 3.05. The molecule has 7 heteroatoms. The minimum atomic E-state index is -0.717. The quantitative estimate of drug-likeness (QED) is 0.468. The first kappa shape index (κ1) is 17.6. The number of likely N-dealkylation sites (tertiary alicyclic amines) is 1. The molecule has 2 aromatic rings. The van der Waals surface area contributed by atoms with Crippen LogP contribution < -0.4 is 0 Å². The Balaban J connectivity index is 1.72. The lowest BCUT2D eigenvalue weighted by atomic mass is 10.1. The standard InChI is InChI=1S/C19H18N2O5/c22-18(15-9-4-5-10-16(15)21(24)25)20-12-6-11-17(20)19(23)26-13-14-7-2-1-3-8-14/h1-5,7-10,17H,6,11-13H2/t17-/m1/s1. The van der Waals surface area contributed by atoms with Gasteiger partial charge in [0.2, 0.25) is 0 Å². The molecule has 134 valence electrons. The molecular formula is C19H18N2O5.